The van der Waals surface area contributed by atoms with Crippen LogP contribution in [0.3, 0.4) is 0 Å². The first-order chi connectivity index (χ1) is 9.16. The lowest BCUT2D eigenvalue weighted by Gasteiger charge is -2.29. The van der Waals surface area contributed by atoms with Crippen LogP contribution in [0, 0.1) is 5.92 Å². The van der Waals surface area contributed by atoms with Crippen molar-refractivity contribution in [3.8, 4) is 0 Å². The maximum absolute atomic E-state index is 6.43. The van der Waals surface area contributed by atoms with Crippen LogP contribution < -0.4 is 10.2 Å². The molecule has 0 bridgehead atoms. The Morgan fingerprint density at radius 2 is 2.05 bits per heavy atom. The molecule has 1 aromatic rings. The molecular weight excluding hydrogens is 276 g/mol. The summed E-state index contributed by atoms with van der Waals surface area (Å²) in [4.78, 5) is 2.39. The van der Waals surface area contributed by atoms with Crippen molar-refractivity contribution >= 4 is 29.1 Å². The van der Waals surface area contributed by atoms with Crippen molar-refractivity contribution in [2.75, 3.05) is 36.0 Å². The molecule has 106 valence electrons. The summed E-state index contributed by atoms with van der Waals surface area (Å²) in [5, 5.41) is 4.34. The summed E-state index contributed by atoms with van der Waals surface area (Å²) in [6.45, 7) is 8.59. The molecule has 2 nitrogen and oxygen atoms in total. The maximum atomic E-state index is 6.43. The monoisotopic (exact) mass is 298 g/mol. The quantitative estimate of drug-likeness (QED) is 0.893. The molecule has 1 aliphatic rings. The number of thioether (sulfide) groups is 1. The summed E-state index contributed by atoms with van der Waals surface area (Å²) >= 11 is 8.45. The van der Waals surface area contributed by atoms with Gasteiger partial charge in [-0.15, -0.1) is 0 Å². The number of benzene rings is 1. The van der Waals surface area contributed by atoms with Gasteiger partial charge in [0.25, 0.3) is 0 Å². The average Bonchev–Trinajstić information content (AvgIpc) is 2.39. The number of hydrogen-bond acceptors (Lipinski definition) is 3. The first-order valence-electron chi connectivity index (χ1n) is 6.98. The summed E-state index contributed by atoms with van der Waals surface area (Å²) < 4.78 is 0. The van der Waals surface area contributed by atoms with Gasteiger partial charge in [0.1, 0.15) is 0 Å². The fourth-order valence-corrected chi connectivity index (χ4v) is 3.45. The summed E-state index contributed by atoms with van der Waals surface area (Å²) in [6, 6.07) is 6.47. The lowest BCUT2D eigenvalue weighted by molar-refractivity contribution is 0.552. The first kappa shape index (κ1) is 15.0. The number of anilines is 1. The second kappa shape index (κ2) is 7.41. The lowest BCUT2D eigenvalue weighted by atomic mass is 10.1. The minimum atomic E-state index is 0.681. The van der Waals surface area contributed by atoms with E-state index in [9.17, 15) is 0 Å². The van der Waals surface area contributed by atoms with Crippen molar-refractivity contribution in [2.24, 2.45) is 5.92 Å². The van der Waals surface area contributed by atoms with E-state index in [0.29, 0.717) is 5.92 Å². The van der Waals surface area contributed by atoms with Crippen LogP contribution in [0.15, 0.2) is 18.2 Å². The first-order valence-corrected chi connectivity index (χ1v) is 8.52. The van der Waals surface area contributed by atoms with Crippen LogP contribution in [0.5, 0.6) is 0 Å². The van der Waals surface area contributed by atoms with Crippen molar-refractivity contribution in [3.63, 3.8) is 0 Å². The molecule has 2 rings (SSSR count). The zero-order valence-corrected chi connectivity index (χ0v) is 13.4. The zero-order valence-electron chi connectivity index (χ0n) is 11.8. The average molecular weight is 299 g/mol. The van der Waals surface area contributed by atoms with Gasteiger partial charge in [0.05, 0.1) is 10.7 Å². The molecule has 0 atom stereocenters. The summed E-state index contributed by atoms with van der Waals surface area (Å²) in [7, 11) is 0. The molecule has 1 fully saturated rings. The Balaban J connectivity index is 1.96. The van der Waals surface area contributed by atoms with Gasteiger partial charge >= 0.3 is 0 Å². The van der Waals surface area contributed by atoms with E-state index in [0.717, 1.165) is 31.2 Å². The lowest BCUT2D eigenvalue weighted by Crippen LogP contribution is -2.32. The number of nitrogens with zero attached hydrogens (tertiary/aromatic N) is 1. The Kier molecular flexibility index (Phi) is 5.86. The summed E-state index contributed by atoms with van der Waals surface area (Å²) in [5.41, 5.74) is 2.45. The molecule has 0 saturated carbocycles. The Morgan fingerprint density at radius 3 is 2.68 bits per heavy atom. The van der Waals surface area contributed by atoms with Gasteiger partial charge in [-0.25, -0.2) is 0 Å². The molecule has 1 aliphatic heterocycles. The molecule has 1 N–H and O–H groups in total. The summed E-state index contributed by atoms with van der Waals surface area (Å²) in [5.74, 6) is 3.09. The number of hydrogen-bond donors (Lipinski definition) is 1. The normalized spacial score (nSPS) is 16.1. The van der Waals surface area contributed by atoms with Crippen molar-refractivity contribution in [2.45, 2.75) is 20.4 Å². The third-order valence-corrected chi connectivity index (χ3v) is 4.49. The molecule has 4 heteroatoms. The smallest absolute Gasteiger partial charge is 0.0642 e. The molecule has 0 radical (unpaired) electrons. The Bertz CT molecular complexity index is 403. The van der Waals surface area contributed by atoms with Crippen LogP contribution in [0.1, 0.15) is 19.4 Å². The number of halogens is 1. The van der Waals surface area contributed by atoms with E-state index in [-0.39, 0.29) is 0 Å². The second-order valence-electron chi connectivity index (χ2n) is 5.41. The number of nitrogens with one attached hydrogen (secondary N) is 1. The highest BCUT2D eigenvalue weighted by atomic mass is 35.5. The maximum Gasteiger partial charge on any atom is 0.0642 e. The van der Waals surface area contributed by atoms with Crippen molar-refractivity contribution in [1.82, 2.24) is 5.32 Å². The Morgan fingerprint density at radius 1 is 1.32 bits per heavy atom. The molecule has 1 aromatic carbocycles. The standard InChI is InChI=1S/C15H23ClN2S/c1-12(2)10-17-11-13-3-4-15(14(16)9-13)18-5-7-19-8-6-18/h3-4,9,12,17H,5-8,10-11H2,1-2H3. The third kappa shape index (κ3) is 4.59. The number of rotatable bonds is 5. The second-order valence-corrected chi connectivity index (χ2v) is 7.04. The van der Waals surface area contributed by atoms with E-state index in [2.05, 4.69) is 42.3 Å². The minimum absolute atomic E-state index is 0.681. The highest BCUT2D eigenvalue weighted by Crippen LogP contribution is 2.28. The molecule has 0 spiro atoms. The highest BCUT2D eigenvalue weighted by Gasteiger charge is 2.14. The molecule has 0 amide bonds. The van der Waals surface area contributed by atoms with Gasteiger partial charge in [0.2, 0.25) is 0 Å². The predicted octanol–water partition coefficient (Wildman–Crippen LogP) is 3.64. The van der Waals surface area contributed by atoms with E-state index in [4.69, 9.17) is 11.6 Å². The molecule has 1 saturated heterocycles. The third-order valence-electron chi connectivity index (χ3n) is 3.25. The van der Waals surface area contributed by atoms with E-state index < -0.39 is 0 Å². The van der Waals surface area contributed by atoms with Crippen LogP contribution in [-0.4, -0.2) is 31.1 Å². The fraction of sp³-hybridized carbons (Fsp3) is 0.600. The van der Waals surface area contributed by atoms with E-state index in [1.54, 1.807) is 0 Å². The van der Waals surface area contributed by atoms with Gasteiger partial charge in [0.15, 0.2) is 0 Å². The van der Waals surface area contributed by atoms with Gasteiger partial charge in [0, 0.05) is 31.1 Å². The van der Waals surface area contributed by atoms with Crippen LogP contribution in [0.25, 0.3) is 0 Å². The minimum Gasteiger partial charge on any atom is -0.369 e. The summed E-state index contributed by atoms with van der Waals surface area (Å²) in [6.07, 6.45) is 0. The topological polar surface area (TPSA) is 15.3 Å². The fourth-order valence-electron chi connectivity index (χ4n) is 2.23. The predicted molar refractivity (Wildman–Crippen MR) is 87.5 cm³/mol. The molecule has 19 heavy (non-hydrogen) atoms. The van der Waals surface area contributed by atoms with Crippen LogP contribution in [0.4, 0.5) is 5.69 Å². The van der Waals surface area contributed by atoms with Crippen LogP contribution in [0.2, 0.25) is 5.02 Å². The van der Waals surface area contributed by atoms with Gasteiger partial charge in [-0.05, 0) is 30.2 Å². The Labute approximate surface area is 125 Å². The molecule has 0 aromatic heterocycles. The Hall–Kier alpha value is -0.380. The van der Waals surface area contributed by atoms with Gasteiger partial charge in [-0.3, -0.25) is 0 Å². The SMILES string of the molecule is CC(C)CNCc1ccc(N2CCSCC2)c(Cl)c1. The zero-order chi connectivity index (χ0) is 13.7. The van der Waals surface area contributed by atoms with Crippen molar-refractivity contribution in [1.29, 1.82) is 0 Å². The molecule has 0 unspecified atom stereocenters. The van der Waals surface area contributed by atoms with E-state index in [1.165, 1.54) is 22.8 Å². The highest BCUT2D eigenvalue weighted by molar-refractivity contribution is 7.99. The van der Waals surface area contributed by atoms with Crippen LogP contribution >= 0.6 is 23.4 Å². The van der Waals surface area contributed by atoms with Gasteiger partial charge in [-0.1, -0.05) is 31.5 Å². The largest absolute Gasteiger partial charge is 0.369 e. The van der Waals surface area contributed by atoms with Gasteiger partial charge in [-0.2, -0.15) is 11.8 Å². The molecular formula is C15H23ClN2S. The van der Waals surface area contributed by atoms with Crippen LogP contribution in [-0.2, 0) is 6.54 Å². The van der Waals surface area contributed by atoms with Crippen molar-refractivity contribution in [3.05, 3.63) is 28.8 Å². The molecule has 0 aliphatic carbocycles. The van der Waals surface area contributed by atoms with Gasteiger partial charge < -0.3 is 10.2 Å². The van der Waals surface area contributed by atoms with E-state index in [1.807, 2.05) is 11.8 Å². The molecule has 1 heterocycles. The van der Waals surface area contributed by atoms with E-state index >= 15 is 0 Å². The van der Waals surface area contributed by atoms with Crippen molar-refractivity contribution < 1.29 is 0 Å².